The van der Waals surface area contributed by atoms with Crippen molar-refractivity contribution in [2.24, 2.45) is 0 Å². The maximum Gasteiger partial charge on any atom is 0.416 e. The fourth-order valence-electron chi connectivity index (χ4n) is 2.48. The number of carbonyl (C=O) groups is 2. The van der Waals surface area contributed by atoms with Gasteiger partial charge in [-0.2, -0.15) is 13.2 Å². The molecular formula is C16H19F3N2O3. The van der Waals surface area contributed by atoms with Gasteiger partial charge in [-0.25, -0.2) is 0 Å². The highest BCUT2D eigenvalue weighted by molar-refractivity contribution is 5.78. The summed E-state index contributed by atoms with van der Waals surface area (Å²) in [7, 11) is 0. The van der Waals surface area contributed by atoms with Crippen molar-refractivity contribution in [3.05, 3.63) is 29.8 Å². The minimum Gasteiger partial charge on any atom is -0.484 e. The van der Waals surface area contributed by atoms with Crippen molar-refractivity contribution in [2.45, 2.75) is 19.5 Å². The smallest absolute Gasteiger partial charge is 0.416 e. The van der Waals surface area contributed by atoms with E-state index in [1.54, 1.807) is 9.80 Å². The molecular weight excluding hydrogens is 325 g/mol. The molecule has 1 fully saturated rings. The van der Waals surface area contributed by atoms with Crippen LogP contribution in [0.2, 0.25) is 0 Å². The normalized spacial score (nSPS) is 15.8. The number of ether oxygens (including phenoxy) is 1. The zero-order valence-electron chi connectivity index (χ0n) is 13.3. The van der Waals surface area contributed by atoms with Crippen molar-refractivity contribution in [3.63, 3.8) is 0 Å². The first-order valence-corrected chi connectivity index (χ1v) is 7.61. The Morgan fingerprint density at radius 3 is 2.46 bits per heavy atom. The molecule has 2 rings (SSSR count). The van der Waals surface area contributed by atoms with Crippen molar-refractivity contribution in [1.82, 2.24) is 9.80 Å². The second kappa shape index (κ2) is 7.55. The van der Waals surface area contributed by atoms with Gasteiger partial charge >= 0.3 is 6.18 Å². The highest BCUT2D eigenvalue weighted by Crippen LogP contribution is 2.31. The van der Waals surface area contributed by atoms with Gasteiger partial charge in [0.25, 0.3) is 5.91 Å². The monoisotopic (exact) mass is 344 g/mol. The van der Waals surface area contributed by atoms with Gasteiger partial charge in [0.1, 0.15) is 5.75 Å². The topological polar surface area (TPSA) is 49.9 Å². The van der Waals surface area contributed by atoms with Gasteiger partial charge in [0.05, 0.1) is 5.56 Å². The van der Waals surface area contributed by atoms with Gasteiger partial charge in [-0.3, -0.25) is 9.59 Å². The third-order valence-corrected chi connectivity index (χ3v) is 3.82. The fourth-order valence-corrected chi connectivity index (χ4v) is 2.48. The molecule has 0 atom stereocenters. The summed E-state index contributed by atoms with van der Waals surface area (Å²) in [6.45, 7) is 3.08. The predicted octanol–water partition coefficient (Wildman–Crippen LogP) is 2.16. The lowest BCUT2D eigenvalue weighted by atomic mass is 10.2. The number of hydrogen-bond acceptors (Lipinski definition) is 3. The molecule has 1 saturated heterocycles. The quantitative estimate of drug-likeness (QED) is 0.844. The van der Waals surface area contributed by atoms with Gasteiger partial charge in [0.2, 0.25) is 5.91 Å². The van der Waals surface area contributed by atoms with Crippen LogP contribution in [-0.2, 0) is 15.8 Å². The Labute approximate surface area is 138 Å². The number of amides is 2. The van der Waals surface area contributed by atoms with Crippen molar-refractivity contribution in [1.29, 1.82) is 0 Å². The summed E-state index contributed by atoms with van der Waals surface area (Å²) in [5.41, 5.74) is -0.820. The minimum atomic E-state index is -4.45. The molecule has 0 aliphatic carbocycles. The van der Waals surface area contributed by atoms with Gasteiger partial charge in [-0.15, -0.1) is 0 Å². The van der Waals surface area contributed by atoms with Crippen molar-refractivity contribution >= 4 is 11.8 Å². The van der Waals surface area contributed by atoms with Crippen LogP contribution in [0, 0.1) is 0 Å². The number of alkyl halides is 3. The Morgan fingerprint density at radius 1 is 1.12 bits per heavy atom. The van der Waals surface area contributed by atoms with Gasteiger partial charge in [0.15, 0.2) is 6.61 Å². The molecule has 2 amide bonds. The van der Waals surface area contributed by atoms with E-state index in [1.807, 2.05) is 0 Å². The third kappa shape index (κ3) is 4.87. The van der Waals surface area contributed by atoms with E-state index in [9.17, 15) is 22.8 Å². The molecule has 1 aliphatic heterocycles. The molecule has 132 valence electrons. The Bertz CT molecular complexity index is 604. The lowest BCUT2D eigenvalue weighted by molar-refractivity contribution is -0.137. The first-order chi connectivity index (χ1) is 11.3. The molecule has 0 radical (unpaired) electrons. The molecule has 8 heteroatoms. The van der Waals surface area contributed by atoms with Gasteiger partial charge in [0, 0.05) is 33.1 Å². The maximum absolute atomic E-state index is 12.6. The lowest BCUT2D eigenvalue weighted by Gasteiger charge is -2.21. The van der Waals surface area contributed by atoms with Gasteiger partial charge in [-0.05, 0) is 24.6 Å². The van der Waals surface area contributed by atoms with Crippen LogP contribution < -0.4 is 4.74 Å². The second-order valence-electron chi connectivity index (χ2n) is 5.55. The summed E-state index contributed by atoms with van der Waals surface area (Å²) in [6, 6.07) is 4.43. The molecule has 1 heterocycles. The van der Waals surface area contributed by atoms with Crippen LogP contribution in [0.5, 0.6) is 5.75 Å². The summed E-state index contributed by atoms with van der Waals surface area (Å²) in [6.07, 6.45) is -3.79. The van der Waals surface area contributed by atoms with E-state index < -0.39 is 11.7 Å². The average Bonchev–Trinajstić information content (AvgIpc) is 2.78. The fraction of sp³-hybridized carbons (Fsp3) is 0.500. The zero-order valence-corrected chi connectivity index (χ0v) is 13.3. The SMILES string of the molecule is CC(=O)N1CCCN(C(=O)COc2cccc(C(F)(F)F)c2)CC1. The summed E-state index contributed by atoms with van der Waals surface area (Å²) in [5.74, 6) is -0.347. The van der Waals surface area contributed by atoms with E-state index in [0.29, 0.717) is 32.6 Å². The van der Waals surface area contributed by atoms with Gasteiger partial charge < -0.3 is 14.5 Å². The largest absolute Gasteiger partial charge is 0.484 e. The Balaban J connectivity index is 1.90. The number of carbonyl (C=O) groups excluding carboxylic acids is 2. The molecule has 0 bridgehead atoms. The standard InChI is InChI=1S/C16H19F3N2O3/c1-12(22)20-6-3-7-21(9-8-20)15(23)11-24-14-5-2-4-13(10-14)16(17,18)19/h2,4-5,10H,3,6-9,11H2,1H3. The molecule has 1 aromatic carbocycles. The van der Waals surface area contributed by atoms with Crippen LogP contribution in [0.1, 0.15) is 18.9 Å². The van der Waals surface area contributed by atoms with Crippen LogP contribution in [-0.4, -0.2) is 54.4 Å². The van der Waals surface area contributed by atoms with Crippen LogP contribution in [0.3, 0.4) is 0 Å². The number of rotatable bonds is 3. The predicted molar refractivity (Wildman–Crippen MR) is 80.4 cm³/mol. The third-order valence-electron chi connectivity index (χ3n) is 3.82. The summed E-state index contributed by atoms with van der Waals surface area (Å²) < 4.78 is 43.1. The lowest BCUT2D eigenvalue weighted by Crippen LogP contribution is -2.38. The Kier molecular flexibility index (Phi) is 5.69. The molecule has 24 heavy (non-hydrogen) atoms. The van der Waals surface area contributed by atoms with E-state index in [1.165, 1.54) is 19.1 Å². The molecule has 0 saturated carbocycles. The van der Waals surface area contributed by atoms with Crippen molar-refractivity contribution in [2.75, 3.05) is 32.8 Å². The van der Waals surface area contributed by atoms with E-state index in [2.05, 4.69) is 0 Å². The van der Waals surface area contributed by atoms with Crippen LogP contribution in [0.4, 0.5) is 13.2 Å². The van der Waals surface area contributed by atoms with Gasteiger partial charge in [-0.1, -0.05) is 6.07 Å². The summed E-state index contributed by atoms with van der Waals surface area (Å²) in [5, 5.41) is 0. The van der Waals surface area contributed by atoms with Crippen LogP contribution in [0.15, 0.2) is 24.3 Å². The number of hydrogen-bond donors (Lipinski definition) is 0. The summed E-state index contributed by atoms with van der Waals surface area (Å²) >= 11 is 0. The van der Waals surface area contributed by atoms with E-state index in [0.717, 1.165) is 12.1 Å². The molecule has 1 aliphatic rings. The highest BCUT2D eigenvalue weighted by atomic mass is 19.4. The first-order valence-electron chi connectivity index (χ1n) is 7.61. The van der Waals surface area contributed by atoms with E-state index in [4.69, 9.17) is 4.74 Å². The molecule has 0 N–H and O–H groups in total. The number of benzene rings is 1. The Morgan fingerprint density at radius 2 is 1.79 bits per heavy atom. The average molecular weight is 344 g/mol. The number of halogens is 3. The Hall–Kier alpha value is -2.25. The van der Waals surface area contributed by atoms with Crippen molar-refractivity contribution < 1.29 is 27.5 Å². The minimum absolute atomic E-state index is 0.00152. The first kappa shape index (κ1) is 18.1. The number of nitrogens with zero attached hydrogens (tertiary/aromatic N) is 2. The molecule has 1 aromatic rings. The molecule has 5 nitrogen and oxygen atoms in total. The summed E-state index contributed by atoms with van der Waals surface area (Å²) in [4.78, 5) is 26.7. The highest BCUT2D eigenvalue weighted by Gasteiger charge is 2.30. The zero-order chi connectivity index (χ0) is 17.7. The maximum atomic E-state index is 12.6. The molecule has 0 unspecified atom stereocenters. The molecule has 0 aromatic heterocycles. The van der Waals surface area contributed by atoms with E-state index >= 15 is 0 Å². The van der Waals surface area contributed by atoms with Crippen LogP contribution >= 0.6 is 0 Å². The van der Waals surface area contributed by atoms with Crippen LogP contribution in [0.25, 0.3) is 0 Å². The molecule has 0 spiro atoms. The van der Waals surface area contributed by atoms with Crippen molar-refractivity contribution in [3.8, 4) is 5.75 Å². The second-order valence-corrected chi connectivity index (χ2v) is 5.55. The van der Waals surface area contributed by atoms with E-state index in [-0.39, 0.29) is 24.2 Å².